The highest BCUT2D eigenvalue weighted by Gasteiger charge is 2.14. The van der Waals surface area contributed by atoms with Gasteiger partial charge in [-0.15, -0.1) is 0 Å². The molecule has 0 fully saturated rings. The minimum Gasteiger partial charge on any atom is -0.409 e. The number of amidine groups is 1. The average Bonchev–Trinajstić information content (AvgIpc) is 2.35. The van der Waals surface area contributed by atoms with Gasteiger partial charge in [0.25, 0.3) is 0 Å². The van der Waals surface area contributed by atoms with E-state index in [0.29, 0.717) is 5.56 Å². The second kappa shape index (κ2) is 5.65. The Kier molecular flexibility index (Phi) is 4.47. The molecule has 7 heteroatoms. The van der Waals surface area contributed by atoms with Crippen LogP contribution in [0.15, 0.2) is 34.3 Å². The van der Waals surface area contributed by atoms with Crippen molar-refractivity contribution >= 4 is 15.7 Å². The van der Waals surface area contributed by atoms with Crippen LogP contribution in [0.2, 0.25) is 0 Å². The van der Waals surface area contributed by atoms with E-state index in [-0.39, 0.29) is 23.1 Å². The van der Waals surface area contributed by atoms with Crippen LogP contribution in [0.3, 0.4) is 0 Å². The van der Waals surface area contributed by atoms with E-state index < -0.39 is 9.84 Å². The van der Waals surface area contributed by atoms with Gasteiger partial charge < -0.3 is 15.7 Å². The number of nitrogens with two attached hydrogens (primary N) is 1. The average molecular weight is 258 g/mol. The van der Waals surface area contributed by atoms with Gasteiger partial charge in [-0.1, -0.05) is 5.16 Å². The van der Waals surface area contributed by atoms with Gasteiger partial charge >= 0.3 is 0 Å². The Labute approximate surface area is 99.6 Å². The molecule has 0 saturated carbocycles. The summed E-state index contributed by atoms with van der Waals surface area (Å²) in [5.74, 6) is -0.141. The van der Waals surface area contributed by atoms with Crippen LogP contribution in [0, 0.1) is 0 Å². The summed E-state index contributed by atoms with van der Waals surface area (Å²) in [6, 6.07) is 5.79. The van der Waals surface area contributed by atoms with Crippen LogP contribution < -0.4 is 5.73 Å². The van der Waals surface area contributed by atoms with Gasteiger partial charge in [-0.3, -0.25) is 0 Å². The molecule has 0 aromatic heterocycles. The number of methoxy groups -OCH3 is 1. The fourth-order valence-electron chi connectivity index (χ4n) is 1.20. The summed E-state index contributed by atoms with van der Waals surface area (Å²) in [4.78, 5) is 0.184. The molecule has 17 heavy (non-hydrogen) atoms. The molecule has 3 N–H and O–H groups in total. The molecule has 0 aliphatic heterocycles. The molecular weight excluding hydrogens is 244 g/mol. The lowest BCUT2D eigenvalue weighted by molar-refractivity contribution is 0.217. The maximum atomic E-state index is 11.8. The molecule has 0 heterocycles. The molecule has 94 valence electrons. The lowest BCUT2D eigenvalue weighted by Crippen LogP contribution is -2.14. The predicted octanol–water partition coefficient (Wildman–Crippen LogP) is 0.201. The summed E-state index contributed by atoms with van der Waals surface area (Å²) in [6.07, 6.45) is 0. The summed E-state index contributed by atoms with van der Waals surface area (Å²) in [5.41, 5.74) is 5.82. The zero-order valence-electron chi connectivity index (χ0n) is 9.33. The third-order valence-electron chi connectivity index (χ3n) is 2.17. The maximum absolute atomic E-state index is 11.8. The van der Waals surface area contributed by atoms with Gasteiger partial charge in [0, 0.05) is 12.7 Å². The molecule has 1 rings (SSSR count). The van der Waals surface area contributed by atoms with Crippen molar-refractivity contribution < 1.29 is 18.4 Å². The van der Waals surface area contributed by atoms with Gasteiger partial charge in [0.15, 0.2) is 15.7 Å². The highest BCUT2D eigenvalue weighted by Crippen LogP contribution is 2.12. The van der Waals surface area contributed by atoms with Gasteiger partial charge in [0.2, 0.25) is 0 Å². The van der Waals surface area contributed by atoms with Crippen molar-refractivity contribution in [3.63, 3.8) is 0 Å². The van der Waals surface area contributed by atoms with E-state index in [1.54, 1.807) is 0 Å². The highest BCUT2D eigenvalue weighted by molar-refractivity contribution is 7.91. The smallest absolute Gasteiger partial charge is 0.180 e. The number of benzene rings is 1. The van der Waals surface area contributed by atoms with Crippen LogP contribution in [-0.2, 0) is 14.6 Å². The SMILES string of the molecule is COCCS(=O)(=O)c1ccc(/C(N)=N/O)cc1. The zero-order chi connectivity index (χ0) is 12.9. The number of nitrogens with zero attached hydrogens (tertiary/aromatic N) is 1. The monoisotopic (exact) mass is 258 g/mol. The summed E-state index contributed by atoms with van der Waals surface area (Å²) in [6.45, 7) is 0.143. The molecule has 0 aliphatic carbocycles. The fraction of sp³-hybridized carbons (Fsp3) is 0.300. The maximum Gasteiger partial charge on any atom is 0.180 e. The Morgan fingerprint density at radius 1 is 1.41 bits per heavy atom. The van der Waals surface area contributed by atoms with E-state index in [1.165, 1.54) is 31.4 Å². The Balaban J connectivity index is 2.95. The lowest BCUT2D eigenvalue weighted by atomic mass is 10.2. The van der Waals surface area contributed by atoms with E-state index in [0.717, 1.165) is 0 Å². The van der Waals surface area contributed by atoms with Crippen LogP contribution in [0.5, 0.6) is 0 Å². The number of hydrogen-bond donors (Lipinski definition) is 2. The molecule has 0 atom stereocenters. The third-order valence-corrected chi connectivity index (χ3v) is 3.87. The first kappa shape index (κ1) is 13.5. The minimum atomic E-state index is -3.34. The van der Waals surface area contributed by atoms with Crippen LogP contribution >= 0.6 is 0 Å². The number of rotatable bonds is 5. The van der Waals surface area contributed by atoms with Crippen LogP contribution in [-0.4, -0.2) is 38.9 Å². The van der Waals surface area contributed by atoms with Crippen LogP contribution in [0.25, 0.3) is 0 Å². The largest absolute Gasteiger partial charge is 0.409 e. The first-order valence-corrected chi connectivity index (χ1v) is 6.46. The van der Waals surface area contributed by atoms with Gasteiger partial charge in [0.05, 0.1) is 17.3 Å². The third kappa shape index (κ3) is 3.43. The summed E-state index contributed by atoms with van der Waals surface area (Å²) < 4.78 is 28.2. The van der Waals surface area contributed by atoms with Crippen molar-refractivity contribution in [1.82, 2.24) is 0 Å². The first-order valence-electron chi connectivity index (χ1n) is 4.81. The van der Waals surface area contributed by atoms with Gasteiger partial charge in [-0.05, 0) is 24.3 Å². The van der Waals surface area contributed by atoms with Crippen molar-refractivity contribution in [2.75, 3.05) is 19.5 Å². The topological polar surface area (TPSA) is 102 Å². The van der Waals surface area contributed by atoms with Crippen LogP contribution in [0.4, 0.5) is 0 Å². The van der Waals surface area contributed by atoms with E-state index in [1.807, 2.05) is 0 Å². The fourth-order valence-corrected chi connectivity index (χ4v) is 2.37. The molecule has 6 nitrogen and oxygen atoms in total. The normalized spacial score (nSPS) is 12.6. The Morgan fingerprint density at radius 2 is 2.00 bits per heavy atom. The van der Waals surface area contributed by atoms with Crippen molar-refractivity contribution in [3.8, 4) is 0 Å². The molecule has 0 saturated heterocycles. The second-order valence-electron chi connectivity index (χ2n) is 3.32. The van der Waals surface area contributed by atoms with E-state index in [4.69, 9.17) is 15.7 Å². The molecule has 0 spiro atoms. The van der Waals surface area contributed by atoms with Crippen molar-refractivity contribution in [3.05, 3.63) is 29.8 Å². The minimum absolute atomic E-state index is 0.0640. The lowest BCUT2D eigenvalue weighted by Gasteiger charge is -2.04. The molecule has 1 aromatic carbocycles. The molecule has 0 aliphatic rings. The van der Waals surface area contributed by atoms with E-state index in [9.17, 15) is 8.42 Å². The quantitative estimate of drug-likeness (QED) is 0.340. The molecule has 1 aromatic rings. The number of hydrogen-bond acceptors (Lipinski definition) is 5. The Morgan fingerprint density at radius 3 is 2.47 bits per heavy atom. The molecular formula is C10H14N2O4S. The summed E-state index contributed by atoms with van der Waals surface area (Å²) in [7, 11) is -1.90. The second-order valence-corrected chi connectivity index (χ2v) is 5.43. The molecule has 0 radical (unpaired) electrons. The van der Waals surface area contributed by atoms with E-state index >= 15 is 0 Å². The van der Waals surface area contributed by atoms with Crippen molar-refractivity contribution in [2.45, 2.75) is 4.90 Å². The standard InChI is InChI=1S/C10H14N2O4S/c1-16-6-7-17(14,15)9-4-2-8(3-5-9)10(11)12-13/h2-5,13H,6-7H2,1H3,(H2,11,12). The molecule has 0 amide bonds. The van der Waals surface area contributed by atoms with Crippen molar-refractivity contribution in [1.29, 1.82) is 0 Å². The zero-order valence-corrected chi connectivity index (χ0v) is 10.1. The number of ether oxygens (including phenoxy) is 1. The van der Waals surface area contributed by atoms with Gasteiger partial charge in [0.1, 0.15) is 0 Å². The summed E-state index contributed by atoms with van der Waals surface area (Å²) >= 11 is 0. The number of oxime groups is 1. The Bertz CT molecular complexity index is 494. The van der Waals surface area contributed by atoms with Gasteiger partial charge in [-0.2, -0.15) is 0 Å². The van der Waals surface area contributed by atoms with Gasteiger partial charge in [-0.25, -0.2) is 8.42 Å². The predicted molar refractivity (Wildman–Crippen MR) is 62.9 cm³/mol. The Hall–Kier alpha value is -1.60. The summed E-state index contributed by atoms with van der Waals surface area (Å²) in [5, 5.41) is 11.3. The molecule has 0 bridgehead atoms. The van der Waals surface area contributed by atoms with E-state index in [2.05, 4.69) is 5.16 Å². The highest BCUT2D eigenvalue weighted by atomic mass is 32.2. The van der Waals surface area contributed by atoms with Crippen molar-refractivity contribution in [2.24, 2.45) is 10.9 Å². The number of sulfone groups is 1. The van der Waals surface area contributed by atoms with Crippen LogP contribution in [0.1, 0.15) is 5.56 Å². The first-order chi connectivity index (χ1) is 8.01. The molecule has 0 unspecified atom stereocenters.